The van der Waals surface area contributed by atoms with Crippen LogP contribution in [0.1, 0.15) is 28.4 Å². The highest BCUT2D eigenvalue weighted by atomic mass is 32.2. The van der Waals surface area contributed by atoms with Gasteiger partial charge in [0.15, 0.2) is 9.84 Å². The van der Waals surface area contributed by atoms with Gasteiger partial charge in [0.2, 0.25) is 0 Å². The van der Waals surface area contributed by atoms with Gasteiger partial charge in [-0.3, -0.25) is 4.79 Å². The standard InChI is InChI=1S/C17H14N2O3S/c18-9-15-14-6-5-11-3-1-2-4-13(11)16(14)17(20)19(15)12-7-8-23(21,22)10-12/h1-6,12,15H,7-8,10H2. The molecule has 1 fully saturated rings. The minimum absolute atomic E-state index is 0.0527. The van der Waals surface area contributed by atoms with Crippen molar-refractivity contribution in [3.63, 3.8) is 0 Å². The summed E-state index contributed by atoms with van der Waals surface area (Å²) in [4.78, 5) is 14.4. The molecule has 0 aliphatic carbocycles. The second-order valence-electron chi connectivity index (χ2n) is 6.05. The average Bonchev–Trinajstić information content (AvgIpc) is 3.04. The molecule has 0 aromatic heterocycles. The molecule has 116 valence electrons. The zero-order valence-corrected chi connectivity index (χ0v) is 13.1. The molecule has 2 aliphatic heterocycles. The smallest absolute Gasteiger partial charge is 0.256 e. The predicted molar refractivity (Wildman–Crippen MR) is 85.5 cm³/mol. The van der Waals surface area contributed by atoms with Crippen LogP contribution in [0.25, 0.3) is 10.8 Å². The van der Waals surface area contributed by atoms with Crippen molar-refractivity contribution in [2.75, 3.05) is 11.5 Å². The first-order valence-electron chi connectivity index (χ1n) is 7.46. The van der Waals surface area contributed by atoms with Crippen LogP contribution in [0.2, 0.25) is 0 Å². The summed E-state index contributed by atoms with van der Waals surface area (Å²) in [6.07, 6.45) is 0.401. The highest BCUT2D eigenvalue weighted by Gasteiger charge is 2.45. The van der Waals surface area contributed by atoms with Gasteiger partial charge in [0.1, 0.15) is 6.04 Å². The number of rotatable bonds is 1. The summed E-state index contributed by atoms with van der Waals surface area (Å²) in [5.74, 6) is -0.204. The van der Waals surface area contributed by atoms with Gasteiger partial charge in [-0.1, -0.05) is 36.4 Å². The van der Waals surface area contributed by atoms with Crippen molar-refractivity contribution in [1.29, 1.82) is 5.26 Å². The molecule has 0 N–H and O–H groups in total. The van der Waals surface area contributed by atoms with Crippen LogP contribution in [0.4, 0.5) is 0 Å². The molecule has 2 atom stereocenters. The van der Waals surface area contributed by atoms with Crippen molar-refractivity contribution >= 4 is 26.5 Å². The molecule has 4 rings (SSSR count). The molecule has 0 bridgehead atoms. The molecule has 1 saturated heterocycles. The molecule has 0 radical (unpaired) electrons. The maximum Gasteiger partial charge on any atom is 0.256 e. The Morgan fingerprint density at radius 2 is 1.96 bits per heavy atom. The summed E-state index contributed by atoms with van der Waals surface area (Å²) in [6.45, 7) is 0. The van der Waals surface area contributed by atoms with Crippen molar-refractivity contribution in [2.24, 2.45) is 0 Å². The molecule has 2 aromatic rings. The van der Waals surface area contributed by atoms with E-state index in [-0.39, 0.29) is 17.4 Å². The summed E-state index contributed by atoms with van der Waals surface area (Å²) in [6, 6.07) is 12.3. The molecule has 0 spiro atoms. The SMILES string of the molecule is N#CC1c2ccc3ccccc3c2C(=O)N1C1CCS(=O)(=O)C1. The van der Waals surface area contributed by atoms with E-state index in [1.807, 2.05) is 36.4 Å². The van der Waals surface area contributed by atoms with Crippen molar-refractivity contribution in [1.82, 2.24) is 4.90 Å². The fraction of sp³-hybridized carbons (Fsp3) is 0.294. The van der Waals surface area contributed by atoms with Gasteiger partial charge in [-0.2, -0.15) is 5.26 Å². The zero-order chi connectivity index (χ0) is 16.2. The van der Waals surface area contributed by atoms with Crippen LogP contribution in [-0.4, -0.2) is 36.8 Å². The molecule has 0 saturated carbocycles. The third kappa shape index (κ3) is 2.04. The number of hydrogen-bond acceptors (Lipinski definition) is 4. The number of nitriles is 1. The van der Waals surface area contributed by atoms with E-state index < -0.39 is 21.9 Å². The van der Waals surface area contributed by atoms with Gasteiger partial charge in [0, 0.05) is 11.6 Å². The number of nitrogens with zero attached hydrogens (tertiary/aromatic N) is 2. The Morgan fingerprint density at radius 1 is 1.17 bits per heavy atom. The van der Waals surface area contributed by atoms with E-state index in [0.29, 0.717) is 17.5 Å². The van der Waals surface area contributed by atoms with Crippen LogP contribution in [0, 0.1) is 11.3 Å². The second kappa shape index (κ2) is 4.80. The van der Waals surface area contributed by atoms with Gasteiger partial charge in [-0.25, -0.2) is 8.42 Å². The summed E-state index contributed by atoms with van der Waals surface area (Å²) in [5.41, 5.74) is 1.22. The maximum atomic E-state index is 13.0. The number of carbonyl (C=O) groups is 1. The minimum Gasteiger partial charge on any atom is -0.314 e. The van der Waals surface area contributed by atoms with E-state index in [2.05, 4.69) is 6.07 Å². The van der Waals surface area contributed by atoms with E-state index in [1.165, 1.54) is 4.90 Å². The maximum absolute atomic E-state index is 13.0. The van der Waals surface area contributed by atoms with E-state index in [9.17, 15) is 18.5 Å². The number of benzene rings is 2. The van der Waals surface area contributed by atoms with Gasteiger partial charge < -0.3 is 4.90 Å². The van der Waals surface area contributed by atoms with Crippen molar-refractivity contribution in [2.45, 2.75) is 18.5 Å². The molecule has 2 aromatic carbocycles. The van der Waals surface area contributed by atoms with Crippen LogP contribution in [0.3, 0.4) is 0 Å². The largest absolute Gasteiger partial charge is 0.314 e. The Kier molecular flexibility index (Phi) is 2.97. The lowest BCUT2D eigenvalue weighted by Gasteiger charge is -2.26. The van der Waals surface area contributed by atoms with Crippen molar-refractivity contribution in [3.8, 4) is 6.07 Å². The number of carbonyl (C=O) groups excluding carboxylic acids is 1. The molecule has 5 nitrogen and oxygen atoms in total. The Hall–Kier alpha value is -2.39. The van der Waals surface area contributed by atoms with Crippen LogP contribution in [0.5, 0.6) is 0 Å². The van der Waals surface area contributed by atoms with Crippen LogP contribution >= 0.6 is 0 Å². The van der Waals surface area contributed by atoms with Crippen LogP contribution in [0.15, 0.2) is 36.4 Å². The van der Waals surface area contributed by atoms with Crippen molar-refractivity contribution in [3.05, 3.63) is 47.5 Å². The molecule has 1 amide bonds. The lowest BCUT2D eigenvalue weighted by Crippen LogP contribution is -2.38. The quantitative estimate of drug-likeness (QED) is 0.803. The fourth-order valence-electron chi connectivity index (χ4n) is 3.65. The second-order valence-corrected chi connectivity index (χ2v) is 8.28. The van der Waals surface area contributed by atoms with Gasteiger partial charge in [-0.05, 0) is 17.2 Å². The van der Waals surface area contributed by atoms with Gasteiger partial charge >= 0.3 is 0 Å². The predicted octanol–water partition coefficient (Wildman–Crippen LogP) is 2.05. The molecular formula is C17H14N2O3S. The lowest BCUT2D eigenvalue weighted by molar-refractivity contribution is 0.0695. The van der Waals surface area contributed by atoms with E-state index >= 15 is 0 Å². The van der Waals surface area contributed by atoms with Gasteiger partial charge in [-0.15, -0.1) is 0 Å². The van der Waals surface area contributed by atoms with E-state index in [0.717, 1.165) is 10.8 Å². The topological polar surface area (TPSA) is 78.2 Å². The Bertz CT molecular complexity index is 975. The van der Waals surface area contributed by atoms with Gasteiger partial charge in [0.25, 0.3) is 5.91 Å². The molecular weight excluding hydrogens is 312 g/mol. The number of amides is 1. The summed E-state index contributed by atoms with van der Waals surface area (Å²) >= 11 is 0. The van der Waals surface area contributed by atoms with Crippen LogP contribution < -0.4 is 0 Å². The highest BCUT2D eigenvalue weighted by molar-refractivity contribution is 7.91. The fourth-order valence-corrected chi connectivity index (χ4v) is 5.37. The number of sulfone groups is 1. The number of fused-ring (bicyclic) bond motifs is 3. The zero-order valence-electron chi connectivity index (χ0n) is 12.3. The monoisotopic (exact) mass is 326 g/mol. The molecule has 2 heterocycles. The van der Waals surface area contributed by atoms with E-state index in [4.69, 9.17) is 0 Å². The normalized spacial score (nSPS) is 25.5. The highest BCUT2D eigenvalue weighted by Crippen LogP contribution is 2.40. The molecule has 6 heteroatoms. The summed E-state index contributed by atoms with van der Waals surface area (Å²) in [7, 11) is -3.12. The minimum atomic E-state index is -3.12. The lowest BCUT2D eigenvalue weighted by atomic mass is 9.98. The first-order chi connectivity index (χ1) is 11.0. The third-order valence-electron chi connectivity index (χ3n) is 4.71. The summed E-state index contributed by atoms with van der Waals surface area (Å²) in [5, 5.41) is 11.3. The molecule has 2 aliphatic rings. The van der Waals surface area contributed by atoms with E-state index in [1.54, 1.807) is 0 Å². The Morgan fingerprint density at radius 3 is 2.65 bits per heavy atom. The molecule has 23 heavy (non-hydrogen) atoms. The Labute approximate surface area is 134 Å². The first kappa shape index (κ1) is 14.2. The number of hydrogen-bond donors (Lipinski definition) is 0. The summed E-state index contributed by atoms with van der Waals surface area (Å²) < 4.78 is 23.5. The van der Waals surface area contributed by atoms with Crippen molar-refractivity contribution < 1.29 is 13.2 Å². The van der Waals surface area contributed by atoms with Gasteiger partial charge in [0.05, 0.1) is 23.1 Å². The molecule has 2 unspecified atom stereocenters. The first-order valence-corrected chi connectivity index (χ1v) is 9.28. The average molecular weight is 326 g/mol. The Balaban J connectivity index is 1.87. The van der Waals surface area contributed by atoms with Crippen LogP contribution in [-0.2, 0) is 9.84 Å². The third-order valence-corrected chi connectivity index (χ3v) is 6.46.